The molecule has 0 fully saturated rings. The molecule has 0 aliphatic carbocycles. The molecule has 0 atom stereocenters. The summed E-state index contributed by atoms with van der Waals surface area (Å²) in [5.41, 5.74) is -3.24. The molecular weight excluding hydrogens is 387 g/mol. The largest absolute Gasteiger partial charge is 0.497 e. The topological polar surface area (TPSA) is 52.8 Å². The van der Waals surface area contributed by atoms with Gasteiger partial charge in [0.25, 0.3) is 12.0 Å². The van der Waals surface area contributed by atoms with Gasteiger partial charge >= 0.3 is 6.18 Å². The zero-order chi connectivity index (χ0) is 20.5. The van der Waals surface area contributed by atoms with Crippen LogP contribution in [0.25, 0.3) is 16.8 Å². The van der Waals surface area contributed by atoms with E-state index in [2.05, 4.69) is 4.98 Å². The molecule has 2 aromatic heterocycles. The Labute approximate surface area is 155 Å². The van der Waals surface area contributed by atoms with Crippen LogP contribution in [0.2, 0.25) is 0 Å². The highest BCUT2D eigenvalue weighted by atomic mass is 19.4. The summed E-state index contributed by atoms with van der Waals surface area (Å²) in [6.45, 7) is -0.852. The van der Waals surface area contributed by atoms with E-state index in [1.54, 1.807) is 0 Å². The molecule has 0 aliphatic rings. The van der Waals surface area contributed by atoms with Gasteiger partial charge in [-0.15, -0.1) is 0 Å². The summed E-state index contributed by atoms with van der Waals surface area (Å²) in [5.74, 6) is 0.282. The van der Waals surface area contributed by atoms with Crippen LogP contribution < -0.4 is 15.0 Å². The second-order valence-electron chi connectivity index (χ2n) is 5.66. The van der Waals surface area contributed by atoms with Crippen molar-refractivity contribution in [2.24, 2.45) is 0 Å². The lowest BCUT2D eigenvalue weighted by Gasteiger charge is -2.14. The first-order valence-corrected chi connectivity index (χ1v) is 7.89. The Kier molecular flexibility index (Phi) is 5.21. The number of rotatable bonds is 5. The zero-order valence-corrected chi connectivity index (χ0v) is 14.3. The highest BCUT2D eigenvalue weighted by Crippen LogP contribution is 2.35. The number of methoxy groups -OCH3 is 1. The average Bonchev–Trinajstić information content (AvgIpc) is 2.65. The second-order valence-corrected chi connectivity index (χ2v) is 5.66. The van der Waals surface area contributed by atoms with Crippen LogP contribution >= 0.6 is 0 Å². The SMILES string of the molecule is COc1ccn2c(=O)c(-c3ccc(OCC(F)F)cc3)c(C(F)(F)F)nc2c1. The lowest BCUT2D eigenvalue weighted by Crippen LogP contribution is -2.24. The predicted octanol–water partition coefficient (Wildman–Crippen LogP) is 4.03. The van der Waals surface area contributed by atoms with Gasteiger partial charge in [-0.3, -0.25) is 9.20 Å². The quantitative estimate of drug-likeness (QED) is 0.607. The van der Waals surface area contributed by atoms with Crippen LogP contribution in [0.1, 0.15) is 5.69 Å². The van der Waals surface area contributed by atoms with E-state index < -0.39 is 36.0 Å². The van der Waals surface area contributed by atoms with Crippen LogP contribution in [-0.2, 0) is 6.18 Å². The first kappa shape index (κ1) is 19.6. The second kappa shape index (κ2) is 7.45. The standard InChI is InChI=1S/C18H13F5N2O3/c1-27-12-6-7-25-14(8-12)24-16(18(21,22)23)15(17(25)26)10-2-4-11(5-3-10)28-9-13(19)20/h2-8,13H,9H2,1H3. The number of alkyl halides is 5. The van der Waals surface area contributed by atoms with Crippen molar-refractivity contribution in [2.75, 3.05) is 13.7 Å². The molecule has 0 N–H and O–H groups in total. The Bertz CT molecular complexity index is 1050. The summed E-state index contributed by atoms with van der Waals surface area (Å²) in [4.78, 5) is 16.3. The Balaban J connectivity index is 2.16. The van der Waals surface area contributed by atoms with E-state index in [1.165, 1.54) is 49.7 Å². The maximum Gasteiger partial charge on any atom is 0.434 e. The lowest BCUT2D eigenvalue weighted by molar-refractivity contribution is -0.140. The molecule has 3 aromatic rings. The van der Waals surface area contributed by atoms with E-state index in [0.29, 0.717) is 0 Å². The highest BCUT2D eigenvalue weighted by molar-refractivity contribution is 5.68. The van der Waals surface area contributed by atoms with Crippen LogP contribution in [0.4, 0.5) is 22.0 Å². The first-order chi connectivity index (χ1) is 13.2. The number of halogens is 5. The monoisotopic (exact) mass is 400 g/mol. The van der Waals surface area contributed by atoms with Crippen molar-refractivity contribution in [3.8, 4) is 22.6 Å². The fraction of sp³-hybridized carbons (Fsp3) is 0.222. The van der Waals surface area contributed by atoms with Gasteiger partial charge in [-0.25, -0.2) is 13.8 Å². The van der Waals surface area contributed by atoms with Crippen LogP contribution in [0.5, 0.6) is 11.5 Å². The van der Waals surface area contributed by atoms with Crippen LogP contribution in [-0.4, -0.2) is 29.5 Å². The molecule has 0 radical (unpaired) electrons. The van der Waals surface area contributed by atoms with E-state index >= 15 is 0 Å². The number of benzene rings is 1. The Morgan fingerprint density at radius 2 is 1.79 bits per heavy atom. The van der Waals surface area contributed by atoms with E-state index in [4.69, 9.17) is 9.47 Å². The molecule has 1 aromatic carbocycles. The Morgan fingerprint density at radius 1 is 1.11 bits per heavy atom. The average molecular weight is 400 g/mol. The van der Waals surface area contributed by atoms with Crippen LogP contribution in [0.15, 0.2) is 47.4 Å². The summed E-state index contributed by atoms with van der Waals surface area (Å²) < 4.78 is 75.8. The number of pyridine rings is 1. The van der Waals surface area contributed by atoms with Crippen LogP contribution in [0, 0.1) is 0 Å². The summed E-state index contributed by atoms with van der Waals surface area (Å²) in [7, 11) is 1.33. The maximum absolute atomic E-state index is 13.6. The van der Waals surface area contributed by atoms with Gasteiger partial charge in [-0.2, -0.15) is 13.2 Å². The fourth-order valence-electron chi connectivity index (χ4n) is 2.59. The minimum Gasteiger partial charge on any atom is -0.497 e. The van der Waals surface area contributed by atoms with Crippen molar-refractivity contribution in [3.63, 3.8) is 0 Å². The molecule has 5 nitrogen and oxygen atoms in total. The third kappa shape index (κ3) is 3.90. The maximum atomic E-state index is 13.6. The number of ether oxygens (including phenoxy) is 2. The third-order valence-electron chi connectivity index (χ3n) is 3.83. The number of nitrogens with zero attached hydrogens (tertiary/aromatic N) is 2. The third-order valence-corrected chi connectivity index (χ3v) is 3.83. The van der Waals surface area contributed by atoms with E-state index in [1.807, 2.05) is 0 Å². The van der Waals surface area contributed by atoms with Crippen molar-refractivity contribution in [1.29, 1.82) is 0 Å². The number of aromatic nitrogens is 2. The summed E-state index contributed by atoms with van der Waals surface area (Å²) in [5, 5.41) is 0. The van der Waals surface area contributed by atoms with Crippen LogP contribution in [0.3, 0.4) is 0 Å². The summed E-state index contributed by atoms with van der Waals surface area (Å²) in [6.07, 6.45) is -6.33. The molecular formula is C18H13F5N2O3. The summed E-state index contributed by atoms with van der Waals surface area (Å²) >= 11 is 0. The van der Waals surface area contributed by atoms with Crippen molar-refractivity contribution in [2.45, 2.75) is 12.6 Å². The number of fused-ring (bicyclic) bond motifs is 1. The van der Waals surface area contributed by atoms with Gasteiger partial charge in [0.2, 0.25) is 0 Å². The van der Waals surface area contributed by atoms with Gasteiger partial charge in [0.15, 0.2) is 5.69 Å². The molecule has 0 bridgehead atoms. The first-order valence-electron chi connectivity index (χ1n) is 7.89. The summed E-state index contributed by atoms with van der Waals surface area (Å²) in [6, 6.07) is 7.41. The lowest BCUT2D eigenvalue weighted by atomic mass is 10.0. The van der Waals surface area contributed by atoms with E-state index in [0.717, 1.165) is 4.40 Å². The fourth-order valence-corrected chi connectivity index (χ4v) is 2.59. The molecule has 0 saturated heterocycles. The van der Waals surface area contributed by atoms with Gasteiger partial charge in [-0.1, -0.05) is 12.1 Å². The van der Waals surface area contributed by atoms with Crippen molar-refractivity contribution in [1.82, 2.24) is 9.38 Å². The molecule has 0 aliphatic heterocycles. The number of hydrogen-bond acceptors (Lipinski definition) is 4. The van der Waals surface area contributed by atoms with Gasteiger partial charge in [0.1, 0.15) is 23.8 Å². The molecule has 148 valence electrons. The smallest absolute Gasteiger partial charge is 0.434 e. The Morgan fingerprint density at radius 3 is 2.36 bits per heavy atom. The van der Waals surface area contributed by atoms with E-state index in [-0.39, 0.29) is 22.7 Å². The minimum atomic E-state index is -4.89. The molecule has 0 amide bonds. The molecule has 0 saturated carbocycles. The van der Waals surface area contributed by atoms with Crippen molar-refractivity contribution < 1.29 is 31.4 Å². The van der Waals surface area contributed by atoms with Gasteiger partial charge in [0.05, 0.1) is 12.7 Å². The number of hydrogen-bond donors (Lipinski definition) is 0. The van der Waals surface area contributed by atoms with Gasteiger partial charge in [0, 0.05) is 12.3 Å². The van der Waals surface area contributed by atoms with Gasteiger partial charge < -0.3 is 9.47 Å². The molecule has 2 heterocycles. The van der Waals surface area contributed by atoms with Crippen molar-refractivity contribution >= 4 is 5.65 Å². The normalized spacial score (nSPS) is 11.8. The highest BCUT2D eigenvalue weighted by Gasteiger charge is 2.38. The molecule has 3 rings (SSSR count). The minimum absolute atomic E-state index is 0.0381. The molecule has 10 heteroatoms. The molecule has 0 spiro atoms. The van der Waals surface area contributed by atoms with E-state index in [9.17, 15) is 26.7 Å². The molecule has 28 heavy (non-hydrogen) atoms. The predicted molar refractivity (Wildman–Crippen MR) is 90.0 cm³/mol. The molecule has 0 unspecified atom stereocenters. The van der Waals surface area contributed by atoms with Crippen molar-refractivity contribution in [3.05, 3.63) is 58.6 Å². The zero-order valence-electron chi connectivity index (χ0n) is 14.3. The Hall–Kier alpha value is -3.17. The van der Waals surface area contributed by atoms with Gasteiger partial charge in [-0.05, 0) is 23.8 Å².